The van der Waals surface area contributed by atoms with Gasteiger partial charge in [0.2, 0.25) is 0 Å². The molecule has 0 fully saturated rings. The Hall–Kier alpha value is -2.36. The van der Waals surface area contributed by atoms with E-state index in [1.165, 1.54) is 0 Å². The average molecular weight is 315 g/mol. The third-order valence-corrected chi connectivity index (χ3v) is 3.22. The Balaban J connectivity index is 1.85. The molecule has 1 N–H and O–H groups in total. The van der Waals surface area contributed by atoms with Crippen molar-refractivity contribution in [2.45, 2.75) is 33.0 Å². The number of ether oxygens (including phenoxy) is 3. The third kappa shape index (κ3) is 5.40. The highest BCUT2D eigenvalue weighted by Gasteiger charge is 2.08. The molecule has 0 aromatic heterocycles. The molecule has 0 radical (unpaired) electrons. The van der Waals surface area contributed by atoms with Crippen molar-refractivity contribution in [3.63, 3.8) is 0 Å². The number of benzene rings is 2. The fraction of sp³-hybridized carbons (Fsp3) is 0.368. The van der Waals surface area contributed by atoms with Crippen molar-refractivity contribution in [1.29, 1.82) is 0 Å². The summed E-state index contributed by atoms with van der Waals surface area (Å²) in [5.41, 5.74) is 1.04. The third-order valence-electron chi connectivity index (χ3n) is 3.22. The number of hydrogen-bond donors (Lipinski definition) is 1. The monoisotopic (exact) mass is 315 g/mol. The molecular formula is C19H25NO3. The number of para-hydroxylation sites is 2. The average Bonchev–Trinajstić information content (AvgIpc) is 2.54. The minimum atomic E-state index is 0.0119. The van der Waals surface area contributed by atoms with Gasteiger partial charge in [-0.3, -0.25) is 0 Å². The molecule has 0 saturated heterocycles. The van der Waals surface area contributed by atoms with Crippen molar-refractivity contribution in [2.75, 3.05) is 19.0 Å². The van der Waals surface area contributed by atoms with Gasteiger partial charge in [-0.15, -0.1) is 0 Å². The zero-order valence-corrected chi connectivity index (χ0v) is 14.2. The van der Waals surface area contributed by atoms with Crippen molar-refractivity contribution >= 4 is 5.69 Å². The van der Waals surface area contributed by atoms with Crippen molar-refractivity contribution < 1.29 is 14.2 Å². The predicted octanol–water partition coefficient (Wildman–Crippen LogP) is 4.36. The van der Waals surface area contributed by atoms with Crippen LogP contribution in [0.3, 0.4) is 0 Å². The van der Waals surface area contributed by atoms with E-state index in [-0.39, 0.29) is 12.2 Å². The molecule has 1 atom stereocenters. The molecule has 0 aliphatic carbocycles. The van der Waals surface area contributed by atoms with E-state index in [9.17, 15) is 0 Å². The minimum absolute atomic E-state index is 0.0119. The summed E-state index contributed by atoms with van der Waals surface area (Å²) in [4.78, 5) is 0. The molecule has 2 aromatic carbocycles. The highest BCUT2D eigenvalue weighted by Crippen LogP contribution is 2.26. The van der Waals surface area contributed by atoms with Crippen molar-refractivity contribution in [3.8, 4) is 17.2 Å². The molecule has 2 aromatic rings. The summed E-state index contributed by atoms with van der Waals surface area (Å²) in [5.74, 6) is 2.38. The maximum Gasteiger partial charge on any atom is 0.161 e. The van der Waals surface area contributed by atoms with Gasteiger partial charge in [0.1, 0.15) is 11.9 Å². The lowest BCUT2D eigenvalue weighted by Gasteiger charge is -2.18. The Morgan fingerprint density at radius 2 is 1.52 bits per heavy atom. The van der Waals surface area contributed by atoms with Gasteiger partial charge in [0.25, 0.3) is 0 Å². The normalized spacial score (nSPS) is 11.9. The number of rotatable bonds is 8. The SMILES string of the molecule is COc1ccccc1OC(C)CNc1ccc(OC(C)C)cc1. The van der Waals surface area contributed by atoms with Crippen molar-refractivity contribution in [1.82, 2.24) is 0 Å². The summed E-state index contributed by atoms with van der Waals surface area (Å²) in [7, 11) is 1.64. The van der Waals surface area contributed by atoms with Crippen LogP contribution >= 0.6 is 0 Å². The fourth-order valence-electron chi connectivity index (χ4n) is 2.16. The van der Waals surface area contributed by atoms with Crippen LogP contribution in [0.15, 0.2) is 48.5 Å². The van der Waals surface area contributed by atoms with Crippen molar-refractivity contribution in [2.24, 2.45) is 0 Å². The topological polar surface area (TPSA) is 39.7 Å². The highest BCUT2D eigenvalue weighted by atomic mass is 16.5. The van der Waals surface area contributed by atoms with Crippen molar-refractivity contribution in [3.05, 3.63) is 48.5 Å². The van der Waals surface area contributed by atoms with E-state index in [2.05, 4.69) is 5.32 Å². The van der Waals surface area contributed by atoms with Gasteiger partial charge in [-0.2, -0.15) is 0 Å². The lowest BCUT2D eigenvalue weighted by atomic mass is 10.2. The summed E-state index contributed by atoms with van der Waals surface area (Å²) >= 11 is 0. The van der Waals surface area contributed by atoms with Gasteiger partial charge in [-0.05, 0) is 57.2 Å². The first kappa shape index (κ1) is 17.0. The molecule has 2 rings (SSSR count). The quantitative estimate of drug-likeness (QED) is 0.785. The van der Waals surface area contributed by atoms with E-state index in [1.54, 1.807) is 7.11 Å². The summed E-state index contributed by atoms with van der Waals surface area (Å²) in [6.45, 7) is 6.75. The van der Waals surface area contributed by atoms with E-state index < -0.39 is 0 Å². The standard InChI is InChI=1S/C19H25NO3/c1-14(2)22-17-11-9-16(10-12-17)20-13-15(3)23-19-8-6-5-7-18(19)21-4/h5-12,14-15,20H,13H2,1-4H3. The van der Waals surface area contributed by atoms with Gasteiger partial charge < -0.3 is 19.5 Å². The second kappa shape index (κ2) is 8.32. The van der Waals surface area contributed by atoms with Crippen LogP contribution in [0.4, 0.5) is 5.69 Å². The van der Waals surface area contributed by atoms with Crippen LogP contribution in [-0.4, -0.2) is 25.9 Å². The zero-order chi connectivity index (χ0) is 16.7. The highest BCUT2D eigenvalue weighted by molar-refractivity contribution is 5.46. The molecule has 124 valence electrons. The Labute approximate surface area is 138 Å². The number of anilines is 1. The summed E-state index contributed by atoms with van der Waals surface area (Å²) in [6.07, 6.45) is 0.195. The molecule has 0 heterocycles. The second-order valence-electron chi connectivity index (χ2n) is 5.65. The Bertz CT molecular complexity index is 596. The van der Waals surface area contributed by atoms with E-state index >= 15 is 0 Å². The maximum atomic E-state index is 5.92. The first-order valence-corrected chi connectivity index (χ1v) is 7.88. The minimum Gasteiger partial charge on any atom is -0.493 e. The van der Waals surface area contributed by atoms with Gasteiger partial charge in [-0.1, -0.05) is 12.1 Å². The molecule has 0 amide bonds. The van der Waals surface area contributed by atoms with Crippen LogP contribution in [0.2, 0.25) is 0 Å². The van der Waals surface area contributed by atoms with Crippen LogP contribution in [-0.2, 0) is 0 Å². The Morgan fingerprint density at radius 3 is 2.13 bits per heavy atom. The first-order chi connectivity index (χ1) is 11.1. The van der Waals surface area contributed by atoms with Gasteiger partial charge in [0.05, 0.1) is 19.8 Å². The van der Waals surface area contributed by atoms with Crippen LogP contribution < -0.4 is 19.5 Å². The van der Waals surface area contributed by atoms with E-state index in [1.807, 2.05) is 69.3 Å². The number of methoxy groups -OCH3 is 1. The summed E-state index contributed by atoms with van der Waals surface area (Å²) < 4.78 is 16.8. The summed E-state index contributed by atoms with van der Waals surface area (Å²) in [6, 6.07) is 15.6. The predicted molar refractivity (Wildman–Crippen MR) is 93.8 cm³/mol. The lowest BCUT2D eigenvalue weighted by Crippen LogP contribution is -2.22. The van der Waals surface area contributed by atoms with E-state index in [0.717, 1.165) is 22.9 Å². The second-order valence-corrected chi connectivity index (χ2v) is 5.65. The molecule has 0 aliphatic heterocycles. The Kier molecular flexibility index (Phi) is 6.15. The molecule has 4 heteroatoms. The van der Waals surface area contributed by atoms with Crippen LogP contribution in [0.25, 0.3) is 0 Å². The van der Waals surface area contributed by atoms with E-state index in [4.69, 9.17) is 14.2 Å². The molecule has 0 aliphatic rings. The summed E-state index contributed by atoms with van der Waals surface area (Å²) in [5, 5.41) is 3.36. The molecule has 0 spiro atoms. The fourth-order valence-corrected chi connectivity index (χ4v) is 2.16. The molecule has 23 heavy (non-hydrogen) atoms. The van der Waals surface area contributed by atoms with E-state index in [0.29, 0.717) is 6.54 Å². The van der Waals surface area contributed by atoms with Gasteiger partial charge in [0.15, 0.2) is 11.5 Å². The molecule has 0 saturated carbocycles. The Morgan fingerprint density at radius 1 is 0.870 bits per heavy atom. The lowest BCUT2D eigenvalue weighted by molar-refractivity contribution is 0.223. The number of hydrogen-bond acceptors (Lipinski definition) is 4. The van der Waals surface area contributed by atoms with Gasteiger partial charge in [-0.25, -0.2) is 0 Å². The maximum absolute atomic E-state index is 5.92. The molecular weight excluding hydrogens is 290 g/mol. The first-order valence-electron chi connectivity index (χ1n) is 7.88. The molecule has 4 nitrogen and oxygen atoms in total. The van der Waals surface area contributed by atoms with Gasteiger partial charge >= 0.3 is 0 Å². The smallest absolute Gasteiger partial charge is 0.161 e. The van der Waals surface area contributed by atoms with Crippen LogP contribution in [0.1, 0.15) is 20.8 Å². The molecule has 1 unspecified atom stereocenters. The van der Waals surface area contributed by atoms with Gasteiger partial charge in [0, 0.05) is 5.69 Å². The largest absolute Gasteiger partial charge is 0.493 e. The molecule has 0 bridgehead atoms. The number of nitrogens with one attached hydrogen (secondary N) is 1. The van der Waals surface area contributed by atoms with Crippen LogP contribution in [0, 0.1) is 0 Å². The van der Waals surface area contributed by atoms with Crippen LogP contribution in [0.5, 0.6) is 17.2 Å². The zero-order valence-electron chi connectivity index (χ0n) is 14.2.